The minimum Gasteiger partial charge on any atom is -0.347 e. The molecule has 1 N–H and O–H groups in total. The summed E-state index contributed by atoms with van der Waals surface area (Å²) < 4.78 is 39.1. The summed E-state index contributed by atoms with van der Waals surface area (Å²) in [6.07, 6.45) is -4.57. The van der Waals surface area contributed by atoms with Gasteiger partial charge < -0.3 is 10.2 Å². The Bertz CT molecular complexity index is 790. The number of para-hydroxylation sites is 1. The fourth-order valence-corrected chi connectivity index (χ4v) is 2.85. The SMILES string of the molecule is O=C(N[C@@H]1CC(=O)N(c2ccccc2)C1)c1ccccc1C(F)(F)F. The lowest BCUT2D eigenvalue weighted by atomic mass is 10.1. The summed E-state index contributed by atoms with van der Waals surface area (Å²) in [6.45, 7) is 0.225. The lowest BCUT2D eigenvalue weighted by Gasteiger charge is -2.18. The van der Waals surface area contributed by atoms with Crippen LogP contribution >= 0.6 is 0 Å². The topological polar surface area (TPSA) is 49.4 Å². The van der Waals surface area contributed by atoms with Gasteiger partial charge in [-0.25, -0.2) is 0 Å². The summed E-state index contributed by atoms with van der Waals surface area (Å²) in [5, 5.41) is 2.54. The Kier molecular flexibility index (Phi) is 4.48. The highest BCUT2D eigenvalue weighted by atomic mass is 19.4. The molecule has 1 saturated heterocycles. The van der Waals surface area contributed by atoms with Gasteiger partial charge in [0.2, 0.25) is 5.91 Å². The Hall–Kier alpha value is -2.83. The summed E-state index contributed by atoms with van der Waals surface area (Å²) in [7, 11) is 0. The number of nitrogens with zero attached hydrogens (tertiary/aromatic N) is 1. The van der Waals surface area contributed by atoms with Crippen molar-refractivity contribution in [2.45, 2.75) is 18.6 Å². The molecular formula is C18H15F3N2O2. The molecule has 1 fully saturated rings. The van der Waals surface area contributed by atoms with Gasteiger partial charge in [-0.2, -0.15) is 13.2 Å². The first kappa shape index (κ1) is 17.0. The van der Waals surface area contributed by atoms with Crippen molar-refractivity contribution in [1.29, 1.82) is 0 Å². The summed E-state index contributed by atoms with van der Waals surface area (Å²) in [5.41, 5.74) is -0.739. The molecule has 0 spiro atoms. The average molecular weight is 348 g/mol. The third-order valence-electron chi connectivity index (χ3n) is 4.01. The van der Waals surface area contributed by atoms with Crippen molar-refractivity contribution >= 4 is 17.5 Å². The van der Waals surface area contributed by atoms with Gasteiger partial charge in [-0.05, 0) is 24.3 Å². The van der Waals surface area contributed by atoms with Gasteiger partial charge in [-0.15, -0.1) is 0 Å². The van der Waals surface area contributed by atoms with Crippen LogP contribution in [0, 0.1) is 0 Å². The molecule has 1 heterocycles. The third-order valence-corrected chi connectivity index (χ3v) is 4.01. The van der Waals surface area contributed by atoms with Crippen LogP contribution in [-0.4, -0.2) is 24.4 Å². The molecule has 0 aliphatic carbocycles. The number of carbonyl (C=O) groups is 2. The molecule has 4 nitrogen and oxygen atoms in total. The van der Waals surface area contributed by atoms with Crippen LogP contribution in [0.2, 0.25) is 0 Å². The number of carbonyl (C=O) groups excluding carboxylic acids is 2. The zero-order valence-corrected chi connectivity index (χ0v) is 13.1. The van der Waals surface area contributed by atoms with E-state index >= 15 is 0 Å². The van der Waals surface area contributed by atoms with E-state index in [0.717, 1.165) is 12.1 Å². The lowest BCUT2D eigenvalue weighted by Crippen LogP contribution is -2.38. The van der Waals surface area contributed by atoms with Crippen LogP contribution in [0.5, 0.6) is 0 Å². The minimum absolute atomic E-state index is 0.0504. The summed E-state index contributed by atoms with van der Waals surface area (Å²) >= 11 is 0. The van der Waals surface area contributed by atoms with E-state index in [2.05, 4.69) is 5.32 Å². The molecule has 2 aromatic carbocycles. The molecule has 3 rings (SSSR count). The fourth-order valence-electron chi connectivity index (χ4n) is 2.85. The number of hydrogen-bond donors (Lipinski definition) is 1. The second-order valence-corrected chi connectivity index (χ2v) is 5.76. The zero-order valence-electron chi connectivity index (χ0n) is 13.1. The van der Waals surface area contributed by atoms with Gasteiger partial charge in [0.25, 0.3) is 5.91 Å². The molecule has 2 amide bonds. The van der Waals surface area contributed by atoms with E-state index in [0.29, 0.717) is 5.69 Å². The third kappa shape index (κ3) is 3.65. The number of rotatable bonds is 3. The number of benzene rings is 2. The van der Waals surface area contributed by atoms with Crippen molar-refractivity contribution in [3.8, 4) is 0 Å². The molecule has 0 radical (unpaired) electrons. The van der Waals surface area contributed by atoms with Crippen molar-refractivity contribution in [2.75, 3.05) is 11.4 Å². The molecule has 0 bridgehead atoms. The standard InChI is InChI=1S/C18H15F3N2O2/c19-18(20,21)15-9-5-4-8-14(15)17(25)22-12-10-16(24)23(11-12)13-6-2-1-3-7-13/h1-9,12H,10-11H2,(H,22,25)/t12-/m1/s1. The van der Waals surface area contributed by atoms with Gasteiger partial charge in [0.05, 0.1) is 17.2 Å². The maximum Gasteiger partial charge on any atom is 0.417 e. The molecule has 1 atom stereocenters. The van der Waals surface area contributed by atoms with Gasteiger partial charge in [-0.3, -0.25) is 9.59 Å². The first-order chi connectivity index (χ1) is 11.9. The second-order valence-electron chi connectivity index (χ2n) is 5.76. The van der Waals surface area contributed by atoms with E-state index in [1.54, 1.807) is 24.3 Å². The second kappa shape index (κ2) is 6.58. The van der Waals surface area contributed by atoms with E-state index in [1.807, 2.05) is 6.07 Å². The summed E-state index contributed by atoms with van der Waals surface area (Å²) in [6, 6.07) is 13.0. The number of anilines is 1. The first-order valence-electron chi connectivity index (χ1n) is 7.69. The van der Waals surface area contributed by atoms with Crippen LogP contribution in [-0.2, 0) is 11.0 Å². The molecule has 0 aromatic heterocycles. The molecule has 1 aliphatic rings. The number of amides is 2. The van der Waals surface area contributed by atoms with Gasteiger partial charge in [0, 0.05) is 18.7 Å². The fraction of sp³-hybridized carbons (Fsp3) is 0.222. The minimum atomic E-state index is -4.62. The van der Waals surface area contributed by atoms with E-state index in [9.17, 15) is 22.8 Å². The normalized spacial score (nSPS) is 17.6. The molecule has 25 heavy (non-hydrogen) atoms. The van der Waals surface area contributed by atoms with Gasteiger partial charge >= 0.3 is 6.18 Å². The Balaban J connectivity index is 1.74. The van der Waals surface area contributed by atoms with Crippen LogP contribution in [0.4, 0.5) is 18.9 Å². The monoisotopic (exact) mass is 348 g/mol. The van der Waals surface area contributed by atoms with Gasteiger partial charge in [0.15, 0.2) is 0 Å². The summed E-state index contributed by atoms with van der Waals surface area (Å²) in [5.74, 6) is -1.01. The van der Waals surface area contributed by atoms with Crippen LogP contribution < -0.4 is 10.2 Å². The highest BCUT2D eigenvalue weighted by Crippen LogP contribution is 2.32. The van der Waals surface area contributed by atoms with E-state index in [4.69, 9.17) is 0 Å². The van der Waals surface area contributed by atoms with E-state index in [1.165, 1.54) is 17.0 Å². The van der Waals surface area contributed by atoms with Crippen LogP contribution in [0.3, 0.4) is 0 Å². The molecule has 0 unspecified atom stereocenters. The van der Waals surface area contributed by atoms with Gasteiger partial charge in [-0.1, -0.05) is 30.3 Å². The maximum absolute atomic E-state index is 13.0. The average Bonchev–Trinajstić information content (AvgIpc) is 2.95. The van der Waals surface area contributed by atoms with Crippen molar-refractivity contribution < 1.29 is 22.8 Å². The lowest BCUT2D eigenvalue weighted by molar-refractivity contribution is -0.138. The zero-order chi connectivity index (χ0) is 18.0. The van der Waals surface area contributed by atoms with Crippen LogP contribution in [0.25, 0.3) is 0 Å². The molecule has 1 aliphatic heterocycles. The molecule has 130 valence electrons. The Morgan fingerprint density at radius 3 is 2.36 bits per heavy atom. The maximum atomic E-state index is 13.0. The van der Waals surface area contributed by atoms with E-state index < -0.39 is 29.3 Å². The van der Waals surface area contributed by atoms with Crippen molar-refractivity contribution in [3.05, 3.63) is 65.7 Å². The number of alkyl halides is 3. The Labute approximate surface area is 142 Å². The number of hydrogen-bond acceptors (Lipinski definition) is 2. The van der Waals surface area contributed by atoms with Crippen LogP contribution in [0.1, 0.15) is 22.3 Å². The predicted octanol–water partition coefficient (Wildman–Crippen LogP) is 3.24. The van der Waals surface area contributed by atoms with Crippen molar-refractivity contribution in [3.63, 3.8) is 0 Å². The molecule has 0 saturated carbocycles. The summed E-state index contributed by atoms with van der Waals surface area (Å²) in [4.78, 5) is 25.9. The predicted molar refractivity (Wildman–Crippen MR) is 86.1 cm³/mol. The first-order valence-corrected chi connectivity index (χ1v) is 7.69. The number of nitrogens with one attached hydrogen (secondary N) is 1. The molecule has 2 aromatic rings. The largest absolute Gasteiger partial charge is 0.417 e. The highest BCUT2D eigenvalue weighted by Gasteiger charge is 2.36. The number of halogens is 3. The van der Waals surface area contributed by atoms with Crippen molar-refractivity contribution in [1.82, 2.24) is 5.32 Å². The smallest absolute Gasteiger partial charge is 0.347 e. The molecular weight excluding hydrogens is 333 g/mol. The Morgan fingerprint density at radius 2 is 1.68 bits per heavy atom. The quantitative estimate of drug-likeness (QED) is 0.926. The highest BCUT2D eigenvalue weighted by molar-refractivity contribution is 5.99. The van der Waals surface area contributed by atoms with Gasteiger partial charge in [0.1, 0.15) is 0 Å². The van der Waals surface area contributed by atoms with Crippen molar-refractivity contribution in [2.24, 2.45) is 0 Å². The Morgan fingerprint density at radius 1 is 1.04 bits per heavy atom. The van der Waals surface area contributed by atoms with E-state index in [-0.39, 0.29) is 18.9 Å². The molecule has 7 heteroatoms. The van der Waals surface area contributed by atoms with Crippen LogP contribution in [0.15, 0.2) is 54.6 Å².